The molecule has 22 heavy (non-hydrogen) atoms. The van der Waals surface area contributed by atoms with Crippen LogP contribution in [0.1, 0.15) is 16.1 Å². The Morgan fingerprint density at radius 2 is 1.95 bits per heavy atom. The molecule has 0 radical (unpaired) electrons. The van der Waals surface area contributed by atoms with Crippen molar-refractivity contribution in [2.75, 3.05) is 31.2 Å². The fourth-order valence-corrected chi connectivity index (χ4v) is 2.31. The molecule has 0 spiro atoms. The van der Waals surface area contributed by atoms with E-state index >= 15 is 0 Å². The van der Waals surface area contributed by atoms with Crippen LogP contribution in [0.25, 0.3) is 0 Å². The Bertz CT molecular complexity index is 627. The van der Waals surface area contributed by atoms with Gasteiger partial charge in [0.25, 0.3) is 5.91 Å². The molecule has 6 heteroatoms. The van der Waals surface area contributed by atoms with Crippen LogP contribution in [0.3, 0.4) is 0 Å². The number of nitrogens with zero attached hydrogens (tertiary/aromatic N) is 3. The summed E-state index contributed by atoms with van der Waals surface area (Å²) in [7, 11) is 0. The van der Waals surface area contributed by atoms with Crippen LogP contribution in [0.15, 0.2) is 42.7 Å². The third-order valence-corrected chi connectivity index (χ3v) is 3.52. The average molecular weight is 298 g/mol. The fourth-order valence-electron chi connectivity index (χ4n) is 2.31. The molecule has 3 rings (SSSR count). The van der Waals surface area contributed by atoms with Crippen molar-refractivity contribution in [2.45, 2.75) is 6.54 Å². The van der Waals surface area contributed by atoms with Crippen LogP contribution in [-0.2, 0) is 11.3 Å². The number of hydrogen-bond donors (Lipinski definition) is 1. The molecule has 0 atom stereocenters. The van der Waals surface area contributed by atoms with Crippen LogP contribution < -0.4 is 10.2 Å². The first-order valence-electron chi connectivity index (χ1n) is 7.30. The first-order valence-corrected chi connectivity index (χ1v) is 7.30. The average Bonchev–Trinajstić information content (AvgIpc) is 2.61. The highest BCUT2D eigenvalue weighted by atomic mass is 16.5. The summed E-state index contributed by atoms with van der Waals surface area (Å²) in [5.41, 5.74) is 1.44. The third kappa shape index (κ3) is 3.59. The monoisotopic (exact) mass is 298 g/mol. The molecule has 1 amide bonds. The molecule has 2 heterocycles. The molecule has 1 aromatic carbocycles. The summed E-state index contributed by atoms with van der Waals surface area (Å²) in [6.07, 6.45) is 1.43. The van der Waals surface area contributed by atoms with Gasteiger partial charge in [0.05, 0.1) is 13.2 Å². The van der Waals surface area contributed by atoms with Crippen LogP contribution in [0.4, 0.5) is 5.82 Å². The van der Waals surface area contributed by atoms with Crippen LogP contribution in [0, 0.1) is 0 Å². The molecule has 2 aromatic rings. The minimum atomic E-state index is -0.194. The van der Waals surface area contributed by atoms with Gasteiger partial charge in [-0.1, -0.05) is 30.3 Å². The van der Waals surface area contributed by atoms with Crippen LogP contribution in [0.2, 0.25) is 0 Å². The highest BCUT2D eigenvalue weighted by Gasteiger charge is 2.15. The lowest BCUT2D eigenvalue weighted by Gasteiger charge is -2.27. The standard InChI is InChI=1S/C16H18N4O2/c21-16(17-11-13-4-2-1-3-5-13)14-10-15(19-12-18-14)20-6-8-22-9-7-20/h1-5,10,12H,6-9,11H2,(H,17,21). The van der Waals surface area contributed by atoms with E-state index in [0.717, 1.165) is 24.5 Å². The molecular formula is C16H18N4O2. The summed E-state index contributed by atoms with van der Waals surface area (Å²) in [6.45, 7) is 3.40. The second-order valence-corrected chi connectivity index (χ2v) is 5.03. The Balaban J connectivity index is 1.64. The summed E-state index contributed by atoms with van der Waals surface area (Å²) >= 11 is 0. The van der Waals surface area contributed by atoms with E-state index in [2.05, 4.69) is 20.2 Å². The Kier molecular flexibility index (Phi) is 4.60. The number of carbonyl (C=O) groups excluding carboxylic acids is 1. The third-order valence-electron chi connectivity index (χ3n) is 3.52. The maximum atomic E-state index is 12.2. The first-order chi connectivity index (χ1) is 10.8. The Hall–Kier alpha value is -2.47. The van der Waals surface area contributed by atoms with E-state index in [1.807, 2.05) is 30.3 Å². The Morgan fingerprint density at radius 1 is 1.18 bits per heavy atom. The van der Waals surface area contributed by atoms with Gasteiger partial charge >= 0.3 is 0 Å². The number of morpholine rings is 1. The predicted octanol–water partition coefficient (Wildman–Crippen LogP) is 1.24. The molecule has 114 valence electrons. The maximum absolute atomic E-state index is 12.2. The molecule has 1 aliphatic heterocycles. The Morgan fingerprint density at radius 3 is 2.73 bits per heavy atom. The second-order valence-electron chi connectivity index (χ2n) is 5.03. The number of hydrogen-bond acceptors (Lipinski definition) is 5. The lowest BCUT2D eigenvalue weighted by Crippen LogP contribution is -2.37. The molecule has 0 aliphatic carbocycles. The van der Waals surface area contributed by atoms with Crippen molar-refractivity contribution in [1.82, 2.24) is 15.3 Å². The topological polar surface area (TPSA) is 67.4 Å². The number of amides is 1. The molecule has 1 aliphatic rings. The van der Waals surface area contributed by atoms with E-state index in [9.17, 15) is 4.79 Å². The molecule has 1 N–H and O–H groups in total. The van der Waals surface area contributed by atoms with E-state index < -0.39 is 0 Å². The molecule has 0 bridgehead atoms. The van der Waals surface area contributed by atoms with Gasteiger partial charge in [0.15, 0.2) is 0 Å². The minimum absolute atomic E-state index is 0.194. The van der Waals surface area contributed by atoms with Crippen LogP contribution >= 0.6 is 0 Å². The van der Waals surface area contributed by atoms with Gasteiger partial charge in [-0.15, -0.1) is 0 Å². The summed E-state index contributed by atoms with van der Waals surface area (Å²) in [4.78, 5) is 22.6. The quantitative estimate of drug-likeness (QED) is 0.920. The van der Waals surface area contributed by atoms with E-state index in [1.165, 1.54) is 6.33 Å². The van der Waals surface area contributed by atoms with Gasteiger partial charge in [0, 0.05) is 25.7 Å². The maximum Gasteiger partial charge on any atom is 0.270 e. The Labute approximate surface area is 129 Å². The van der Waals surface area contributed by atoms with Gasteiger partial charge in [0.2, 0.25) is 0 Å². The largest absolute Gasteiger partial charge is 0.378 e. The molecule has 1 saturated heterocycles. The zero-order chi connectivity index (χ0) is 15.2. The molecule has 6 nitrogen and oxygen atoms in total. The van der Waals surface area contributed by atoms with Gasteiger partial charge in [-0.3, -0.25) is 4.79 Å². The highest BCUT2D eigenvalue weighted by Crippen LogP contribution is 2.12. The van der Waals surface area contributed by atoms with E-state index in [4.69, 9.17) is 4.74 Å². The van der Waals surface area contributed by atoms with Crippen LogP contribution in [-0.4, -0.2) is 42.2 Å². The number of ether oxygens (including phenoxy) is 1. The SMILES string of the molecule is O=C(NCc1ccccc1)c1cc(N2CCOCC2)ncn1. The van der Waals surface area contributed by atoms with Crippen molar-refractivity contribution in [1.29, 1.82) is 0 Å². The number of benzene rings is 1. The summed E-state index contributed by atoms with van der Waals surface area (Å²) < 4.78 is 5.32. The van der Waals surface area contributed by atoms with Crippen molar-refractivity contribution in [3.8, 4) is 0 Å². The minimum Gasteiger partial charge on any atom is -0.378 e. The lowest BCUT2D eigenvalue weighted by molar-refractivity contribution is 0.0945. The second kappa shape index (κ2) is 7.00. The molecule has 1 aromatic heterocycles. The highest BCUT2D eigenvalue weighted by molar-refractivity contribution is 5.92. The van der Waals surface area contributed by atoms with E-state index in [1.54, 1.807) is 6.07 Å². The molecule has 0 unspecified atom stereocenters. The first kappa shape index (κ1) is 14.5. The number of nitrogens with one attached hydrogen (secondary N) is 1. The summed E-state index contributed by atoms with van der Waals surface area (Å²) in [5, 5.41) is 2.87. The van der Waals surface area contributed by atoms with Gasteiger partial charge in [-0.25, -0.2) is 9.97 Å². The van der Waals surface area contributed by atoms with Gasteiger partial charge in [0.1, 0.15) is 17.8 Å². The summed E-state index contributed by atoms with van der Waals surface area (Å²) in [5.74, 6) is 0.573. The fraction of sp³-hybridized carbons (Fsp3) is 0.312. The normalized spacial score (nSPS) is 14.6. The van der Waals surface area contributed by atoms with E-state index in [-0.39, 0.29) is 5.91 Å². The van der Waals surface area contributed by atoms with Crippen molar-refractivity contribution in [3.63, 3.8) is 0 Å². The van der Waals surface area contributed by atoms with Crippen LogP contribution in [0.5, 0.6) is 0 Å². The van der Waals surface area contributed by atoms with Crippen molar-refractivity contribution < 1.29 is 9.53 Å². The number of aromatic nitrogens is 2. The van der Waals surface area contributed by atoms with Crippen molar-refractivity contribution in [3.05, 3.63) is 54.0 Å². The molecule has 0 saturated carbocycles. The van der Waals surface area contributed by atoms with Crippen molar-refractivity contribution in [2.24, 2.45) is 0 Å². The number of rotatable bonds is 4. The van der Waals surface area contributed by atoms with Gasteiger partial charge in [-0.05, 0) is 5.56 Å². The van der Waals surface area contributed by atoms with Gasteiger partial charge < -0.3 is 15.0 Å². The zero-order valence-corrected chi connectivity index (χ0v) is 12.2. The number of anilines is 1. The molecule has 1 fully saturated rings. The predicted molar refractivity (Wildman–Crippen MR) is 82.7 cm³/mol. The number of carbonyl (C=O) groups is 1. The summed E-state index contributed by atoms with van der Waals surface area (Å²) in [6, 6.07) is 11.5. The van der Waals surface area contributed by atoms with E-state index in [0.29, 0.717) is 25.5 Å². The van der Waals surface area contributed by atoms with Crippen molar-refractivity contribution >= 4 is 11.7 Å². The molecular weight excluding hydrogens is 280 g/mol. The lowest BCUT2D eigenvalue weighted by atomic mass is 10.2. The zero-order valence-electron chi connectivity index (χ0n) is 12.2. The van der Waals surface area contributed by atoms with Gasteiger partial charge in [-0.2, -0.15) is 0 Å². The smallest absolute Gasteiger partial charge is 0.270 e.